The molecule has 2 N–H and O–H groups in total. The molecule has 1 fully saturated rings. The third kappa shape index (κ3) is 3.16. The van der Waals surface area contributed by atoms with Gasteiger partial charge in [-0.3, -0.25) is 0 Å². The molecule has 1 aromatic rings. The van der Waals surface area contributed by atoms with Crippen LogP contribution in [-0.4, -0.2) is 31.2 Å². The highest BCUT2D eigenvalue weighted by molar-refractivity contribution is 14.1. The van der Waals surface area contributed by atoms with Gasteiger partial charge in [0.1, 0.15) is 5.54 Å². The third-order valence-corrected chi connectivity index (χ3v) is 5.58. The van der Waals surface area contributed by atoms with Gasteiger partial charge in [0.15, 0.2) is 0 Å². The molecule has 5 nitrogen and oxygen atoms in total. The van der Waals surface area contributed by atoms with Crippen molar-refractivity contribution < 1.29 is 31.5 Å². The second-order valence-corrected chi connectivity index (χ2v) is 7.48. The first-order valence-corrected chi connectivity index (χ1v) is 8.18. The second kappa shape index (κ2) is 5.09. The normalized spacial score (nSPS) is 17.5. The molecule has 1 aliphatic rings. The Morgan fingerprint density at radius 3 is 2.33 bits per heavy atom. The smallest absolute Gasteiger partial charge is 0.407 e. The van der Waals surface area contributed by atoms with Gasteiger partial charge in [0.2, 0.25) is 10.0 Å². The number of carboxylic acid groups (broad SMARTS) is 1. The maximum Gasteiger partial charge on any atom is 0.407 e. The number of benzene rings is 1. The average Bonchev–Trinajstić information content (AvgIpc) is 3.08. The number of hydrogen-bond acceptors (Lipinski definition) is 3. The molecule has 2 rings (SSSR count). The Bertz CT molecular complexity index is 698. The zero-order valence-electron chi connectivity index (χ0n) is 10.2. The molecule has 1 aliphatic carbocycles. The fourth-order valence-corrected chi connectivity index (χ4v) is 3.76. The monoisotopic (exact) mass is 435 g/mol. The Labute approximate surface area is 131 Å². The highest BCUT2D eigenvalue weighted by Crippen LogP contribution is 2.49. The van der Waals surface area contributed by atoms with Crippen LogP contribution in [0.5, 0.6) is 0 Å². The SMILES string of the molecule is O=C(O)c1cc(S(=O)(=O)NC2(C(F)(F)F)CC2)ccc1I. The summed E-state index contributed by atoms with van der Waals surface area (Å²) in [5, 5.41) is 8.93. The quantitative estimate of drug-likeness (QED) is 0.712. The Morgan fingerprint density at radius 1 is 1.33 bits per heavy atom. The second-order valence-electron chi connectivity index (χ2n) is 4.63. The van der Waals surface area contributed by atoms with Crippen LogP contribution >= 0.6 is 22.6 Å². The van der Waals surface area contributed by atoms with Gasteiger partial charge in [-0.15, -0.1) is 0 Å². The topological polar surface area (TPSA) is 83.5 Å². The lowest BCUT2D eigenvalue weighted by molar-refractivity contribution is -0.160. The molecule has 0 heterocycles. The van der Waals surface area contributed by atoms with Gasteiger partial charge in [0.25, 0.3) is 0 Å². The summed E-state index contributed by atoms with van der Waals surface area (Å²) in [5.74, 6) is -1.35. The minimum absolute atomic E-state index is 0.282. The number of alkyl halides is 3. The van der Waals surface area contributed by atoms with Crippen molar-refractivity contribution in [1.29, 1.82) is 0 Å². The highest BCUT2D eigenvalue weighted by atomic mass is 127. The minimum atomic E-state index is -4.68. The van der Waals surface area contributed by atoms with E-state index in [0.29, 0.717) is 0 Å². The lowest BCUT2D eigenvalue weighted by Crippen LogP contribution is -2.47. The number of rotatable bonds is 4. The Balaban J connectivity index is 2.38. The number of carboxylic acids is 1. The van der Waals surface area contributed by atoms with Crippen molar-refractivity contribution in [2.45, 2.75) is 29.5 Å². The van der Waals surface area contributed by atoms with Gasteiger partial charge in [0, 0.05) is 3.57 Å². The summed E-state index contributed by atoms with van der Waals surface area (Å²) in [7, 11) is -4.45. The summed E-state index contributed by atoms with van der Waals surface area (Å²) in [4.78, 5) is 10.5. The first kappa shape index (κ1) is 16.5. The fraction of sp³-hybridized carbons (Fsp3) is 0.364. The Hall–Kier alpha value is -0.880. The van der Waals surface area contributed by atoms with Gasteiger partial charge in [-0.25, -0.2) is 13.2 Å². The first-order valence-electron chi connectivity index (χ1n) is 5.62. The average molecular weight is 435 g/mol. The van der Waals surface area contributed by atoms with E-state index in [-0.39, 0.29) is 22.0 Å². The van der Waals surface area contributed by atoms with E-state index in [1.54, 1.807) is 27.3 Å². The molecule has 0 unspecified atom stereocenters. The molecule has 1 aromatic carbocycles. The molecule has 10 heteroatoms. The summed E-state index contributed by atoms with van der Waals surface area (Å²) in [6.07, 6.45) is -5.34. The van der Waals surface area contributed by atoms with Crippen molar-refractivity contribution in [2.75, 3.05) is 0 Å². The van der Waals surface area contributed by atoms with E-state index >= 15 is 0 Å². The van der Waals surface area contributed by atoms with Crippen LogP contribution in [-0.2, 0) is 10.0 Å². The lowest BCUT2D eigenvalue weighted by Gasteiger charge is -2.20. The van der Waals surface area contributed by atoms with Gasteiger partial charge in [-0.2, -0.15) is 17.9 Å². The van der Waals surface area contributed by atoms with Crippen LogP contribution in [0.1, 0.15) is 23.2 Å². The molecule has 21 heavy (non-hydrogen) atoms. The Morgan fingerprint density at radius 2 is 1.90 bits per heavy atom. The number of sulfonamides is 1. The number of carbonyl (C=O) groups is 1. The van der Waals surface area contributed by atoms with Crippen molar-refractivity contribution in [2.24, 2.45) is 0 Å². The van der Waals surface area contributed by atoms with Crippen molar-refractivity contribution in [3.05, 3.63) is 27.3 Å². The van der Waals surface area contributed by atoms with Gasteiger partial charge < -0.3 is 5.11 Å². The number of nitrogens with one attached hydrogen (secondary N) is 1. The summed E-state index contributed by atoms with van der Waals surface area (Å²) in [5.41, 5.74) is -2.71. The van der Waals surface area contributed by atoms with Gasteiger partial charge in [-0.1, -0.05) is 0 Å². The molecule has 0 radical (unpaired) electrons. The predicted octanol–water partition coefficient (Wildman–Crippen LogP) is 2.36. The summed E-state index contributed by atoms with van der Waals surface area (Å²) in [6, 6.07) is 3.15. The van der Waals surface area contributed by atoms with E-state index in [2.05, 4.69) is 0 Å². The van der Waals surface area contributed by atoms with E-state index in [1.807, 2.05) is 0 Å². The van der Waals surface area contributed by atoms with Crippen LogP contribution in [0.15, 0.2) is 23.1 Å². The molecule has 0 aliphatic heterocycles. The van der Waals surface area contributed by atoms with Crippen LogP contribution in [0.25, 0.3) is 0 Å². The summed E-state index contributed by atoms with van der Waals surface area (Å²) < 4.78 is 64.3. The van der Waals surface area contributed by atoms with Crippen molar-refractivity contribution in [1.82, 2.24) is 4.72 Å². The van der Waals surface area contributed by atoms with Gasteiger partial charge in [-0.05, 0) is 53.6 Å². The highest BCUT2D eigenvalue weighted by Gasteiger charge is 2.65. The Kier molecular flexibility index (Phi) is 4.00. The predicted molar refractivity (Wildman–Crippen MR) is 74.5 cm³/mol. The largest absolute Gasteiger partial charge is 0.478 e. The summed E-state index contributed by atoms with van der Waals surface area (Å²) >= 11 is 1.70. The van der Waals surface area contributed by atoms with Crippen LogP contribution in [0.2, 0.25) is 0 Å². The number of halogens is 4. The van der Waals surface area contributed by atoms with Gasteiger partial charge in [0.05, 0.1) is 10.5 Å². The number of hydrogen-bond donors (Lipinski definition) is 2. The minimum Gasteiger partial charge on any atom is -0.478 e. The lowest BCUT2D eigenvalue weighted by atomic mass is 10.2. The summed E-state index contributed by atoms with van der Waals surface area (Å²) in [6.45, 7) is 0. The van der Waals surface area contributed by atoms with Crippen molar-refractivity contribution >= 4 is 38.6 Å². The molecule has 1 saturated carbocycles. The molecular weight excluding hydrogens is 426 g/mol. The van der Waals surface area contributed by atoms with E-state index < -0.39 is 32.6 Å². The molecule has 0 aromatic heterocycles. The number of aromatic carboxylic acids is 1. The van der Waals surface area contributed by atoms with Gasteiger partial charge >= 0.3 is 12.1 Å². The van der Waals surface area contributed by atoms with E-state index in [1.165, 1.54) is 6.07 Å². The van der Waals surface area contributed by atoms with Crippen molar-refractivity contribution in [3.8, 4) is 0 Å². The molecule has 0 bridgehead atoms. The maximum absolute atomic E-state index is 12.8. The van der Waals surface area contributed by atoms with E-state index in [9.17, 15) is 26.4 Å². The fourth-order valence-electron chi connectivity index (χ4n) is 1.72. The standard InChI is InChI=1S/C11H9F3INO4S/c12-11(13,14)10(3-4-10)16-21(19,20)6-1-2-8(15)7(5-6)9(17)18/h1-2,5,16H,3-4H2,(H,17,18). The molecule has 0 spiro atoms. The molecule has 116 valence electrons. The molecule has 0 atom stereocenters. The van der Waals surface area contributed by atoms with Crippen LogP contribution in [0, 0.1) is 3.57 Å². The van der Waals surface area contributed by atoms with E-state index in [4.69, 9.17) is 5.11 Å². The van der Waals surface area contributed by atoms with E-state index in [0.717, 1.165) is 12.1 Å². The first-order chi connectivity index (χ1) is 9.48. The van der Waals surface area contributed by atoms with Crippen molar-refractivity contribution in [3.63, 3.8) is 0 Å². The third-order valence-electron chi connectivity index (χ3n) is 3.10. The zero-order valence-corrected chi connectivity index (χ0v) is 13.2. The zero-order chi connectivity index (χ0) is 16.1. The molecular formula is C11H9F3INO4S. The maximum atomic E-state index is 12.8. The molecule has 0 amide bonds. The van der Waals surface area contributed by atoms with Crippen LogP contribution in [0.4, 0.5) is 13.2 Å². The molecule has 0 saturated heterocycles. The van der Waals surface area contributed by atoms with Crippen LogP contribution < -0.4 is 4.72 Å². The van der Waals surface area contributed by atoms with Crippen LogP contribution in [0.3, 0.4) is 0 Å².